The molecule has 1 aromatic carbocycles. The average molecular weight is 319 g/mol. The van der Waals surface area contributed by atoms with Crippen LogP contribution in [0.1, 0.15) is 17.3 Å². The summed E-state index contributed by atoms with van der Waals surface area (Å²) in [6, 6.07) is 2.81. The van der Waals surface area contributed by atoms with Crippen molar-refractivity contribution in [1.82, 2.24) is 10.3 Å². The van der Waals surface area contributed by atoms with Crippen LogP contribution in [0.4, 0.5) is 10.1 Å². The Kier molecular flexibility index (Phi) is 4.29. The Morgan fingerprint density at radius 1 is 1.35 bits per heavy atom. The molecule has 0 spiro atoms. The van der Waals surface area contributed by atoms with Crippen LogP contribution in [0.5, 0.6) is 0 Å². The second-order valence-electron chi connectivity index (χ2n) is 5.34. The number of halogens is 1. The number of aromatic nitrogens is 1. The quantitative estimate of drug-likeness (QED) is 0.833. The molecule has 2 heterocycles. The third-order valence-electron chi connectivity index (χ3n) is 3.90. The molecule has 0 unspecified atom stereocenters. The Balaban J connectivity index is 2.06. The van der Waals surface area contributed by atoms with Gasteiger partial charge in [0.2, 0.25) is 5.43 Å². The van der Waals surface area contributed by atoms with Crippen LogP contribution in [0.2, 0.25) is 0 Å². The lowest BCUT2D eigenvalue weighted by atomic mass is 10.1. The lowest BCUT2D eigenvalue weighted by molar-refractivity contribution is 0.0524. The molecule has 1 aliphatic rings. The van der Waals surface area contributed by atoms with Gasteiger partial charge in [-0.3, -0.25) is 4.79 Å². The molecule has 122 valence electrons. The molecule has 2 aromatic rings. The van der Waals surface area contributed by atoms with Gasteiger partial charge in [0.1, 0.15) is 11.4 Å². The van der Waals surface area contributed by atoms with E-state index in [4.69, 9.17) is 4.74 Å². The van der Waals surface area contributed by atoms with Crippen molar-refractivity contribution in [2.24, 2.45) is 0 Å². The summed E-state index contributed by atoms with van der Waals surface area (Å²) in [4.78, 5) is 29.0. The summed E-state index contributed by atoms with van der Waals surface area (Å²) in [6.07, 6.45) is 1.32. The zero-order valence-electron chi connectivity index (χ0n) is 12.8. The standard InChI is InChI=1S/C16H18FN3O3/c1-2-23-16(22)11-9-19-13-8-14(20-5-3-18-4-6-20)12(17)7-10(13)15(11)21/h7-9,18H,2-6H2,1H3,(H,19,21). The summed E-state index contributed by atoms with van der Waals surface area (Å²) < 4.78 is 19.3. The number of fused-ring (bicyclic) bond motifs is 1. The number of H-pyrrole nitrogens is 1. The van der Waals surface area contributed by atoms with Crippen LogP contribution in [0, 0.1) is 5.82 Å². The van der Waals surface area contributed by atoms with E-state index in [2.05, 4.69) is 10.3 Å². The van der Waals surface area contributed by atoms with Gasteiger partial charge >= 0.3 is 5.97 Å². The minimum atomic E-state index is -0.706. The van der Waals surface area contributed by atoms with Gasteiger partial charge in [-0.05, 0) is 19.1 Å². The number of rotatable bonds is 3. The van der Waals surface area contributed by atoms with E-state index < -0.39 is 17.2 Å². The third kappa shape index (κ3) is 2.92. The number of piperazine rings is 1. The van der Waals surface area contributed by atoms with Crippen LogP contribution >= 0.6 is 0 Å². The van der Waals surface area contributed by atoms with E-state index >= 15 is 0 Å². The molecule has 1 aliphatic heterocycles. The number of aromatic amines is 1. The molecule has 0 bridgehead atoms. The number of anilines is 1. The van der Waals surface area contributed by atoms with E-state index in [1.165, 1.54) is 12.3 Å². The highest BCUT2D eigenvalue weighted by molar-refractivity contribution is 5.94. The largest absolute Gasteiger partial charge is 0.462 e. The SMILES string of the molecule is CCOC(=O)c1c[nH]c2cc(N3CCNCC3)c(F)cc2c1=O. The molecular formula is C16H18FN3O3. The highest BCUT2D eigenvalue weighted by Crippen LogP contribution is 2.24. The first kappa shape index (κ1) is 15.5. The minimum Gasteiger partial charge on any atom is -0.462 e. The third-order valence-corrected chi connectivity index (χ3v) is 3.90. The van der Waals surface area contributed by atoms with Gasteiger partial charge in [0.25, 0.3) is 0 Å². The average Bonchev–Trinajstić information content (AvgIpc) is 2.56. The number of ether oxygens (including phenoxy) is 1. The van der Waals surface area contributed by atoms with Crippen molar-refractivity contribution in [3.05, 3.63) is 39.9 Å². The number of pyridine rings is 1. The van der Waals surface area contributed by atoms with Crippen LogP contribution in [0.15, 0.2) is 23.1 Å². The number of esters is 1. The van der Waals surface area contributed by atoms with Crippen LogP contribution in [-0.4, -0.2) is 43.7 Å². The molecule has 0 aliphatic carbocycles. The number of carbonyl (C=O) groups excluding carboxylic acids is 1. The molecule has 23 heavy (non-hydrogen) atoms. The lowest BCUT2D eigenvalue weighted by Gasteiger charge is -2.29. The predicted molar refractivity (Wildman–Crippen MR) is 85.6 cm³/mol. The number of nitrogens with one attached hydrogen (secondary N) is 2. The Labute approximate surface area is 132 Å². The second-order valence-corrected chi connectivity index (χ2v) is 5.34. The van der Waals surface area contributed by atoms with E-state index in [1.807, 2.05) is 4.90 Å². The van der Waals surface area contributed by atoms with Gasteiger partial charge < -0.3 is 19.9 Å². The number of carbonyl (C=O) groups is 1. The summed E-state index contributed by atoms with van der Waals surface area (Å²) in [5, 5.41) is 3.35. The predicted octanol–water partition coefficient (Wildman–Crippen LogP) is 1.25. The molecule has 0 amide bonds. The number of benzene rings is 1. The van der Waals surface area contributed by atoms with Crippen molar-refractivity contribution in [3.8, 4) is 0 Å². The maximum atomic E-state index is 14.4. The zero-order chi connectivity index (χ0) is 16.4. The number of hydrogen-bond donors (Lipinski definition) is 2. The van der Waals surface area contributed by atoms with E-state index in [-0.39, 0.29) is 17.6 Å². The molecule has 1 aromatic heterocycles. The molecule has 0 saturated carbocycles. The maximum Gasteiger partial charge on any atom is 0.343 e. The van der Waals surface area contributed by atoms with Crippen LogP contribution in [-0.2, 0) is 4.74 Å². The summed E-state index contributed by atoms with van der Waals surface area (Å²) in [5.74, 6) is -1.17. The van der Waals surface area contributed by atoms with Crippen molar-refractivity contribution in [3.63, 3.8) is 0 Å². The first-order valence-corrected chi connectivity index (χ1v) is 7.59. The smallest absolute Gasteiger partial charge is 0.343 e. The van der Waals surface area contributed by atoms with Crippen LogP contribution < -0.4 is 15.6 Å². The fourth-order valence-corrected chi connectivity index (χ4v) is 2.74. The molecule has 3 rings (SSSR count). The van der Waals surface area contributed by atoms with Crippen LogP contribution in [0.25, 0.3) is 10.9 Å². The highest BCUT2D eigenvalue weighted by Gasteiger charge is 2.19. The van der Waals surface area contributed by atoms with Crippen molar-refractivity contribution in [2.45, 2.75) is 6.92 Å². The minimum absolute atomic E-state index is 0.117. The Morgan fingerprint density at radius 3 is 2.78 bits per heavy atom. The first-order chi connectivity index (χ1) is 11.1. The lowest BCUT2D eigenvalue weighted by Crippen LogP contribution is -2.43. The Morgan fingerprint density at radius 2 is 2.09 bits per heavy atom. The summed E-state index contributed by atoms with van der Waals surface area (Å²) >= 11 is 0. The van der Waals surface area contributed by atoms with Crippen molar-refractivity contribution >= 4 is 22.6 Å². The molecular weight excluding hydrogens is 301 g/mol. The molecule has 1 saturated heterocycles. The number of hydrogen-bond acceptors (Lipinski definition) is 5. The summed E-state index contributed by atoms with van der Waals surface area (Å²) in [5.41, 5.74) is 0.313. The first-order valence-electron chi connectivity index (χ1n) is 7.59. The topological polar surface area (TPSA) is 74.4 Å². The van der Waals surface area contributed by atoms with Gasteiger partial charge in [-0.15, -0.1) is 0 Å². The molecule has 6 nitrogen and oxygen atoms in total. The van der Waals surface area contributed by atoms with Gasteiger partial charge in [0.05, 0.1) is 17.8 Å². The highest BCUT2D eigenvalue weighted by atomic mass is 19.1. The maximum absolute atomic E-state index is 14.4. The van der Waals surface area contributed by atoms with Gasteiger partial charge in [-0.1, -0.05) is 0 Å². The molecule has 2 N–H and O–H groups in total. The van der Waals surface area contributed by atoms with E-state index in [0.29, 0.717) is 24.3 Å². The van der Waals surface area contributed by atoms with Crippen LogP contribution in [0.3, 0.4) is 0 Å². The summed E-state index contributed by atoms with van der Waals surface area (Å²) in [7, 11) is 0. The normalized spacial score (nSPS) is 15.0. The van der Waals surface area contributed by atoms with Crippen molar-refractivity contribution in [2.75, 3.05) is 37.7 Å². The molecule has 1 fully saturated rings. The Hall–Kier alpha value is -2.41. The number of nitrogens with zero attached hydrogens (tertiary/aromatic N) is 1. The van der Waals surface area contributed by atoms with Gasteiger partial charge in [-0.25, -0.2) is 9.18 Å². The molecule has 0 radical (unpaired) electrons. The van der Waals surface area contributed by atoms with Crippen molar-refractivity contribution in [1.29, 1.82) is 0 Å². The Bertz CT molecular complexity index is 797. The van der Waals surface area contributed by atoms with E-state index in [9.17, 15) is 14.0 Å². The van der Waals surface area contributed by atoms with E-state index in [0.717, 1.165) is 13.1 Å². The van der Waals surface area contributed by atoms with Crippen molar-refractivity contribution < 1.29 is 13.9 Å². The fraction of sp³-hybridized carbons (Fsp3) is 0.375. The van der Waals surface area contributed by atoms with E-state index in [1.54, 1.807) is 13.0 Å². The van der Waals surface area contributed by atoms with Gasteiger partial charge in [0.15, 0.2) is 0 Å². The zero-order valence-corrected chi connectivity index (χ0v) is 12.8. The fourth-order valence-electron chi connectivity index (χ4n) is 2.74. The second kappa shape index (κ2) is 6.37. The van der Waals surface area contributed by atoms with Gasteiger partial charge in [0, 0.05) is 37.8 Å². The summed E-state index contributed by atoms with van der Waals surface area (Å²) in [6.45, 7) is 4.81. The molecule has 0 atom stereocenters. The van der Waals surface area contributed by atoms with Gasteiger partial charge in [-0.2, -0.15) is 0 Å². The molecule has 7 heteroatoms. The monoisotopic (exact) mass is 319 g/mol.